The molecule has 1 aromatic heterocycles. The Bertz CT molecular complexity index is 1210. The quantitative estimate of drug-likeness (QED) is 0.529. The van der Waals surface area contributed by atoms with Crippen LogP contribution in [0.15, 0.2) is 56.9 Å². The number of hydrogen-bond acceptors (Lipinski definition) is 5. The van der Waals surface area contributed by atoms with Crippen LogP contribution in [0.3, 0.4) is 0 Å². The summed E-state index contributed by atoms with van der Waals surface area (Å²) < 4.78 is 67.4. The second-order valence-electron chi connectivity index (χ2n) is 5.18. The highest BCUT2D eigenvalue weighted by molar-refractivity contribution is 7.87. The molecule has 0 saturated carbocycles. The molecule has 2 aromatic carbocycles. The molecular formula is C15H9F3N2O5S. The maximum Gasteiger partial charge on any atom is 0.416 e. The third-order valence-corrected chi connectivity index (χ3v) is 4.59. The van der Waals surface area contributed by atoms with Gasteiger partial charge >= 0.3 is 27.4 Å². The third-order valence-electron chi connectivity index (χ3n) is 3.35. The van der Waals surface area contributed by atoms with Crippen LogP contribution in [0, 0.1) is 0 Å². The van der Waals surface area contributed by atoms with E-state index in [-0.39, 0.29) is 11.0 Å². The summed E-state index contributed by atoms with van der Waals surface area (Å²) in [6.45, 7) is 0. The van der Waals surface area contributed by atoms with E-state index in [1.54, 1.807) is 0 Å². The first-order valence-corrected chi connectivity index (χ1v) is 8.35. The number of alkyl halides is 3. The fourth-order valence-corrected chi connectivity index (χ4v) is 3.10. The Morgan fingerprint density at radius 2 is 1.54 bits per heavy atom. The number of rotatable bonds is 3. The average molecular weight is 386 g/mol. The summed E-state index contributed by atoms with van der Waals surface area (Å²) >= 11 is 0. The van der Waals surface area contributed by atoms with Crippen molar-refractivity contribution >= 4 is 21.2 Å². The summed E-state index contributed by atoms with van der Waals surface area (Å²) in [6, 6.07) is 6.72. The molecule has 7 nitrogen and oxygen atoms in total. The van der Waals surface area contributed by atoms with Gasteiger partial charge in [-0.05, 0) is 36.4 Å². The third kappa shape index (κ3) is 3.47. The highest BCUT2D eigenvalue weighted by Gasteiger charge is 2.31. The van der Waals surface area contributed by atoms with Crippen molar-refractivity contribution < 1.29 is 25.8 Å². The number of H-pyrrole nitrogens is 2. The molecule has 3 rings (SSSR count). The maximum atomic E-state index is 12.7. The molecule has 0 bridgehead atoms. The lowest BCUT2D eigenvalue weighted by atomic mass is 10.2. The van der Waals surface area contributed by atoms with Gasteiger partial charge in [0.1, 0.15) is 10.6 Å². The molecular weight excluding hydrogens is 377 g/mol. The van der Waals surface area contributed by atoms with Gasteiger partial charge in [-0.25, -0.2) is 0 Å². The van der Waals surface area contributed by atoms with Crippen LogP contribution in [0.25, 0.3) is 11.0 Å². The Morgan fingerprint density at radius 3 is 2.19 bits per heavy atom. The van der Waals surface area contributed by atoms with Crippen molar-refractivity contribution in [2.45, 2.75) is 11.1 Å². The smallest absolute Gasteiger partial charge is 0.379 e. The van der Waals surface area contributed by atoms with Crippen molar-refractivity contribution in [2.75, 3.05) is 0 Å². The summed E-state index contributed by atoms with van der Waals surface area (Å²) in [7, 11) is -4.47. The number of hydrogen-bond donors (Lipinski definition) is 2. The molecule has 0 spiro atoms. The van der Waals surface area contributed by atoms with E-state index in [2.05, 4.69) is 9.97 Å². The lowest BCUT2D eigenvalue weighted by Gasteiger charge is -2.10. The van der Waals surface area contributed by atoms with Crippen molar-refractivity contribution in [2.24, 2.45) is 0 Å². The summed E-state index contributed by atoms with van der Waals surface area (Å²) in [5.74, 6) is -0.519. The first-order chi connectivity index (χ1) is 12.1. The molecule has 1 heterocycles. The highest BCUT2D eigenvalue weighted by atomic mass is 32.2. The normalized spacial score (nSPS) is 12.3. The van der Waals surface area contributed by atoms with E-state index in [1.165, 1.54) is 6.07 Å². The van der Waals surface area contributed by atoms with Crippen molar-refractivity contribution in [1.29, 1.82) is 0 Å². The number of fused-ring (bicyclic) bond motifs is 1. The fourth-order valence-electron chi connectivity index (χ4n) is 2.15. The largest absolute Gasteiger partial charge is 0.416 e. The predicted molar refractivity (Wildman–Crippen MR) is 84.4 cm³/mol. The number of nitrogens with one attached hydrogen (secondary N) is 2. The topological polar surface area (TPSA) is 109 Å². The zero-order valence-corrected chi connectivity index (χ0v) is 13.4. The minimum absolute atomic E-state index is 0.0170. The van der Waals surface area contributed by atoms with E-state index in [4.69, 9.17) is 4.18 Å². The van der Waals surface area contributed by atoms with E-state index in [9.17, 15) is 31.2 Å². The average Bonchev–Trinajstić information content (AvgIpc) is 2.54. The van der Waals surface area contributed by atoms with Gasteiger partial charge < -0.3 is 14.2 Å². The van der Waals surface area contributed by atoms with Gasteiger partial charge in [-0.2, -0.15) is 21.6 Å². The molecule has 0 atom stereocenters. The van der Waals surface area contributed by atoms with Crippen LogP contribution in [-0.4, -0.2) is 18.4 Å². The van der Waals surface area contributed by atoms with Gasteiger partial charge in [-0.3, -0.25) is 9.59 Å². The van der Waals surface area contributed by atoms with Crippen molar-refractivity contribution in [3.05, 3.63) is 68.7 Å². The van der Waals surface area contributed by atoms with Gasteiger partial charge in [-0.15, -0.1) is 0 Å². The Balaban J connectivity index is 2.01. The van der Waals surface area contributed by atoms with Crippen molar-refractivity contribution in [3.8, 4) is 5.75 Å². The van der Waals surface area contributed by atoms with Crippen LogP contribution in [0.4, 0.5) is 13.2 Å². The van der Waals surface area contributed by atoms with Crippen molar-refractivity contribution in [3.63, 3.8) is 0 Å². The van der Waals surface area contributed by atoms with Gasteiger partial charge in [0, 0.05) is 0 Å². The molecule has 0 unspecified atom stereocenters. The monoisotopic (exact) mass is 386 g/mol. The molecule has 0 aliphatic rings. The number of halogens is 3. The minimum Gasteiger partial charge on any atom is -0.379 e. The molecule has 136 valence electrons. The lowest BCUT2D eigenvalue weighted by Crippen LogP contribution is -2.29. The standard InChI is InChI=1S/C15H9F3N2O5S/c16-15(17,18)8-2-1-3-9(6-8)25-26(23,24)10-4-5-11-12(7-10)20-14(22)13(21)19-11/h1-7H,(H,19,21)(H,20,22). The van der Waals surface area contributed by atoms with Gasteiger partial charge in [0.15, 0.2) is 0 Å². The Morgan fingerprint density at radius 1 is 0.885 bits per heavy atom. The van der Waals surface area contributed by atoms with E-state index in [0.717, 1.165) is 30.3 Å². The predicted octanol–water partition coefficient (Wildman–Crippen LogP) is 2.00. The molecule has 3 aromatic rings. The Hall–Kier alpha value is -3.08. The number of aromatic nitrogens is 2. The summed E-state index contributed by atoms with van der Waals surface area (Å²) in [5, 5.41) is 0. The second-order valence-corrected chi connectivity index (χ2v) is 6.73. The molecule has 11 heteroatoms. The Labute approximate surface area is 143 Å². The SMILES string of the molecule is O=c1[nH]c2ccc(S(=O)(=O)Oc3cccc(C(F)(F)F)c3)cc2[nH]c1=O. The highest BCUT2D eigenvalue weighted by Crippen LogP contribution is 2.32. The van der Waals surface area contributed by atoms with Gasteiger partial charge in [0.25, 0.3) is 0 Å². The van der Waals surface area contributed by atoms with Gasteiger partial charge in [0.05, 0.1) is 16.6 Å². The summed E-state index contributed by atoms with van der Waals surface area (Å²) in [6.07, 6.45) is -4.66. The summed E-state index contributed by atoms with van der Waals surface area (Å²) in [5.41, 5.74) is -2.76. The van der Waals surface area contributed by atoms with Crippen LogP contribution in [0.1, 0.15) is 5.56 Å². The molecule has 0 saturated heterocycles. The molecule has 0 fully saturated rings. The van der Waals surface area contributed by atoms with E-state index >= 15 is 0 Å². The first kappa shape index (κ1) is 17.7. The number of aromatic amines is 2. The van der Waals surface area contributed by atoms with Crippen molar-refractivity contribution in [1.82, 2.24) is 9.97 Å². The zero-order chi connectivity index (χ0) is 19.1. The minimum atomic E-state index is -4.66. The molecule has 0 aliphatic heterocycles. The zero-order valence-electron chi connectivity index (χ0n) is 12.6. The molecule has 0 radical (unpaired) electrons. The first-order valence-electron chi connectivity index (χ1n) is 6.94. The summed E-state index contributed by atoms with van der Waals surface area (Å²) in [4.78, 5) is 26.6. The van der Waals surface area contributed by atoms with Crippen LogP contribution in [0.5, 0.6) is 5.75 Å². The molecule has 0 amide bonds. The van der Waals surface area contributed by atoms with E-state index in [0.29, 0.717) is 6.07 Å². The van der Waals surface area contributed by atoms with Crippen LogP contribution < -0.4 is 15.3 Å². The van der Waals surface area contributed by atoms with Crippen LogP contribution in [-0.2, 0) is 16.3 Å². The van der Waals surface area contributed by atoms with E-state index < -0.39 is 43.6 Å². The van der Waals surface area contributed by atoms with Crippen LogP contribution >= 0.6 is 0 Å². The molecule has 0 aliphatic carbocycles. The van der Waals surface area contributed by atoms with E-state index in [1.807, 2.05) is 0 Å². The molecule has 2 N–H and O–H groups in total. The second kappa shape index (κ2) is 6.02. The maximum absolute atomic E-state index is 12.7. The molecule has 26 heavy (non-hydrogen) atoms. The number of benzene rings is 2. The Kier molecular flexibility index (Phi) is 4.11. The van der Waals surface area contributed by atoms with Crippen LogP contribution in [0.2, 0.25) is 0 Å². The van der Waals surface area contributed by atoms with Gasteiger partial charge in [0.2, 0.25) is 0 Å². The lowest BCUT2D eigenvalue weighted by molar-refractivity contribution is -0.137. The fraction of sp³-hybridized carbons (Fsp3) is 0.0667. The van der Waals surface area contributed by atoms with Gasteiger partial charge in [-0.1, -0.05) is 6.07 Å².